The minimum atomic E-state index is 0.387. The summed E-state index contributed by atoms with van der Waals surface area (Å²) in [4.78, 5) is 0. The van der Waals surface area contributed by atoms with Crippen LogP contribution in [0.1, 0.15) is 16.7 Å². The molecule has 0 fully saturated rings. The fourth-order valence-electron chi connectivity index (χ4n) is 2.99. The number of benzene rings is 3. The number of hydrogen-bond acceptors (Lipinski definition) is 5. The lowest BCUT2D eigenvalue weighted by atomic mass is 10.0. The van der Waals surface area contributed by atoms with Gasteiger partial charge >= 0.3 is 0 Å². The molecule has 0 N–H and O–H groups in total. The molecule has 0 aliphatic carbocycles. The average Bonchev–Trinajstić information content (AvgIpc) is 2.82. The largest absolute Gasteiger partial charge is 0.493 e. The zero-order valence-electron chi connectivity index (χ0n) is 17.5. The third-order valence-electron chi connectivity index (χ3n) is 4.62. The van der Waals surface area contributed by atoms with Gasteiger partial charge in [-0.3, -0.25) is 0 Å². The van der Waals surface area contributed by atoms with Gasteiger partial charge in [0.05, 0.1) is 33.0 Å². The second-order valence-electron chi connectivity index (χ2n) is 6.57. The van der Waals surface area contributed by atoms with Gasteiger partial charge in [0.2, 0.25) is 0 Å². The van der Waals surface area contributed by atoms with Crippen molar-refractivity contribution in [1.29, 1.82) is 5.26 Å². The maximum absolute atomic E-state index is 9.69. The summed E-state index contributed by atoms with van der Waals surface area (Å²) >= 11 is 5.92. The molecular weight excluding hydrogens is 414 g/mol. The number of hydrogen-bond donors (Lipinski definition) is 0. The van der Waals surface area contributed by atoms with Gasteiger partial charge in [-0.25, -0.2) is 0 Å². The van der Waals surface area contributed by atoms with Crippen LogP contribution >= 0.6 is 11.6 Å². The Morgan fingerprint density at radius 2 is 1.48 bits per heavy atom. The molecule has 6 heteroatoms. The fraction of sp³-hybridized carbons (Fsp3) is 0.160. The first kappa shape index (κ1) is 22.1. The van der Waals surface area contributed by atoms with Crippen molar-refractivity contribution >= 4 is 23.3 Å². The molecule has 3 rings (SSSR count). The molecule has 0 saturated carbocycles. The highest BCUT2D eigenvalue weighted by Crippen LogP contribution is 2.33. The van der Waals surface area contributed by atoms with Crippen molar-refractivity contribution in [2.75, 3.05) is 21.3 Å². The number of rotatable bonds is 8. The Labute approximate surface area is 187 Å². The maximum Gasteiger partial charge on any atom is 0.161 e. The van der Waals surface area contributed by atoms with Gasteiger partial charge in [0.25, 0.3) is 0 Å². The molecule has 0 amide bonds. The first-order chi connectivity index (χ1) is 15.1. The number of halogens is 1. The Balaban J connectivity index is 1.84. The van der Waals surface area contributed by atoms with Gasteiger partial charge in [0, 0.05) is 5.02 Å². The number of nitriles is 1. The molecule has 31 heavy (non-hydrogen) atoms. The topological polar surface area (TPSA) is 60.7 Å². The highest BCUT2D eigenvalue weighted by atomic mass is 35.5. The van der Waals surface area contributed by atoms with E-state index in [9.17, 15) is 5.26 Å². The van der Waals surface area contributed by atoms with Gasteiger partial charge in [-0.05, 0) is 65.2 Å². The van der Waals surface area contributed by atoms with Gasteiger partial charge in [0.1, 0.15) is 6.61 Å². The van der Waals surface area contributed by atoms with E-state index >= 15 is 0 Å². The summed E-state index contributed by atoms with van der Waals surface area (Å²) in [5.41, 5.74) is 3.01. The van der Waals surface area contributed by atoms with Crippen LogP contribution in [0.2, 0.25) is 5.02 Å². The van der Waals surface area contributed by atoms with E-state index in [2.05, 4.69) is 6.07 Å². The standard InChI is InChI=1S/C25H22ClNO4/c1-28-22-11-7-19(14-25(22)30-3)20(15-27)12-18-6-10-23(24(13-18)29-2)31-16-17-4-8-21(26)9-5-17/h4-14H,16H2,1-3H3/b20-12+. The van der Waals surface area contributed by atoms with Gasteiger partial charge in [0.15, 0.2) is 23.0 Å². The van der Waals surface area contributed by atoms with Crippen molar-refractivity contribution < 1.29 is 18.9 Å². The summed E-state index contributed by atoms with van der Waals surface area (Å²) in [5.74, 6) is 2.35. The molecule has 158 valence electrons. The minimum absolute atomic E-state index is 0.387. The van der Waals surface area contributed by atoms with Crippen molar-refractivity contribution in [3.05, 3.63) is 82.4 Å². The van der Waals surface area contributed by atoms with E-state index in [-0.39, 0.29) is 0 Å². The van der Waals surface area contributed by atoms with Crippen LogP contribution in [-0.4, -0.2) is 21.3 Å². The van der Waals surface area contributed by atoms with Crippen molar-refractivity contribution in [1.82, 2.24) is 0 Å². The van der Waals surface area contributed by atoms with Crippen LogP contribution in [0.25, 0.3) is 11.6 Å². The van der Waals surface area contributed by atoms with Crippen LogP contribution < -0.4 is 18.9 Å². The number of allylic oxidation sites excluding steroid dienone is 1. The van der Waals surface area contributed by atoms with Gasteiger partial charge in [-0.1, -0.05) is 29.8 Å². The van der Waals surface area contributed by atoms with Crippen molar-refractivity contribution in [3.8, 4) is 29.1 Å². The van der Waals surface area contributed by atoms with Crippen molar-refractivity contribution in [2.45, 2.75) is 6.61 Å². The monoisotopic (exact) mass is 435 g/mol. The van der Waals surface area contributed by atoms with Crippen LogP contribution in [0.4, 0.5) is 0 Å². The highest BCUT2D eigenvalue weighted by molar-refractivity contribution is 6.30. The number of methoxy groups -OCH3 is 3. The van der Waals surface area contributed by atoms with Crippen LogP contribution in [0.3, 0.4) is 0 Å². The molecular formula is C25H22ClNO4. The van der Waals surface area contributed by atoms with E-state index in [1.807, 2.05) is 48.5 Å². The molecule has 0 radical (unpaired) electrons. The lowest BCUT2D eigenvalue weighted by Crippen LogP contribution is -1.98. The van der Waals surface area contributed by atoms with Crippen LogP contribution in [-0.2, 0) is 6.61 Å². The Bertz CT molecular complexity index is 1120. The van der Waals surface area contributed by atoms with E-state index in [4.69, 9.17) is 30.5 Å². The third kappa shape index (κ3) is 5.50. The summed E-state index contributed by atoms with van der Waals surface area (Å²) in [7, 11) is 4.71. The molecule has 0 spiro atoms. The summed E-state index contributed by atoms with van der Waals surface area (Å²) in [6.45, 7) is 0.387. The first-order valence-corrected chi connectivity index (χ1v) is 9.85. The van der Waals surface area contributed by atoms with Gasteiger partial charge in [-0.15, -0.1) is 0 Å². The predicted molar refractivity (Wildman–Crippen MR) is 122 cm³/mol. The lowest BCUT2D eigenvalue weighted by Gasteiger charge is -2.12. The molecule has 0 saturated heterocycles. The number of nitrogens with zero attached hydrogens (tertiary/aromatic N) is 1. The molecule has 0 heterocycles. The Hall–Kier alpha value is -3.62. The predicted octanol–water partition coefficient (Wildman–Crippen LogP) is 6.01. The molecule has 3 aromatic carbocycles. The van der Waals surface area contributed by atoms with E-state index in [0.29, 0.717) is 40.2 Å². The van der Waals surface area contributed by atoms with Crippen molar-refractivity contribution in [3.63, 3.8) is 0 Å². The quantitative estimate of drug-likeness (QED) is 0.320. The normalized spacial score (nSPS) is 10.9. The summed E-state index contributed by atoms with van der Waals surface area (Å²) in [6.07, 6.45) is 1.78. The second-order valence-corrected chi connectivity index (χ2v) is 7.00. The molecule has 0 bridgehead atoms. The smallest absolute Gasteiger partial charge is 0.161 e. The van der Waals surface area contributed by atoms with E-state index in [1.165, 1.54) is 0 Å². The molecule has 0 aliphatic rings. The second kappa shape index (κ2) is 10.4. The zero-order valence-corrected chi connectivity index (χ0v) is 18.3. The van der Waals surface area contributed by atoms with E-state index in [0.717, 1.165) is 16.7 Å². The minimum Gasteiger partial charge on any atom is -0.493 e. The Morgan fingerprint density at radius 3 is 2.13 bits per heavy atom. The molecule has 0 unspecified atom stereocenters. The fourth-order valence-corrected chi connectivity index (χ4v) is 3.11. The Kier molecular flexibility index (Phi) is 7.42. The summed E-state index contributed by atoms with van der Waals surface area (Å²) in [6, 6.07) is 20.6. The van der Waals surface area contributed by atoms with E-state index < -0.39 is 0 Å². The van der Waals surface area contributed by atoms with Crippen LogP contribution in [0, 0.1) is 11.3 Å². The van der Waals surface area contributed by atoms with Crippen molar-refractivity contribution in [2.24, 2.45) is 0 Å². The molecule has 0 atom stereocenters. The zero-order chi connectivity index (χ0) is 22.2. The molecule has 3 aromatic rings. The summed E-state index contributed by atoms with van der Waals surface area (Å²) in [5, 5.41) is 10.4. The van der Waals surface area contributed by atoms with Gasteiger partial charge in [-0.2, -0.15) is 5.26 Å². The van der Waals surface area contributed by atoms with Gasteiger partial charge < -0.3 is 18.9 Å². The SMILES string of the molecule is COc1ccc(/C(C#N)=C/c2ccc(OCc3ccc(Cl)cc3)c(OC)c2)cc1OC. The maximum atomic E-state index is 9.69. The lowest BCUT2D eigenvalue weighted by molar-refractivity contribution is 0.284. The first-order valence-electron chi connectivity index (χ1n) is 9.47. The molecule has 0 aliphatic heterocycles. The highest BCUT2D eigenvalue weighted by Gasteiger charge is 2.10. The summed E-state index contributed by atoms with van der Waals surface area (Å²) < 4.78 is 22.0. The van der Waals surface area contributed by atoms with Crippen LogP contribution in [0.5, 0.6) is 23.0 Å². The van der Waals surface area contributed by atoms with E-state index in [1.54, 1.807) is 39.5 Å². The Morgan fingerprint density at radius 1 is 0.839 bits per heavy atom. The van der Waals surface area contributed by atoms with Crippen LogP contribution in [0.15, 0.2) is 60.7 Å². The number of ether oxygens (including phenoxy) is 4. The third-order valence-corrected chi connectivity index (χ3v) is 4.87. The molecule has 0 aromatic heterocycles. The molecule has 5 nitrogen and oxygen atoms in total. The average molecular weight is 436 g/mol.